The quantitative estimate of drug-likeness (QED) is 0.526. The highest BCUT2D eigenvalue weighted by Gasteiger charge is 2.12. The molecule has 30 heavy (non-hydrogen) atoms. The van der Waals surface area contributed by atoms with E-state index < -0.39 is 0 Å². The second-order valence-corrected chi connectivity index (χ2v) is 7.48. The first-order chi connectivity index (χ1) is 14.5. The highest BCUT2D eigenvalue weighted by atomic mass is 32.2. The number of hydrogen-bond donors (Lipinski definition) is 1. The van der Waals surface area contributed by atoms with Crippen LogP contribution in [0.25, 0.3) is 0 Å². The largest absolute Gasteiger partial charge is 0.484 e. The number of para-hydroxylation sites is 2. The van der Waals surface area contributed by atoms with E-state index in [4.69, 9.17) is 9.47 Å². The molecular weight excluding hydrogens is 400 g/mol. The van der Waals surface area contributed by atoms with Gasteiger partial charge in [0.25, 0.3) is 11.1 Å². The summed E-state index contributed by atoms with van der Waals surface area (Å²) in [5.74, 6) is 1.66. The zero-order chi connectivity index (χ0) is 21.3. The third-order valence-electron chi connectivity index (χ3n) is 3.90. The molecule has 1 N–H and O–H groups in total. The zero-order valence-corrected chi connectivity index (χ0v) is 17.5. The Hall–Kier alpha value is -3.45. The van der Waals surface area contributed by atoms with E-state index in [-0.39, 0.29) is 17.8 Å². The van der Waals surface area contributed by atoms with E-state index in [2.05, 4.69) is 5.32 Å². The van der Waals surface area contributed by atoms with Crippen LogP contribution in [-0.4, -0.2) is 36.7 Å². The van der Waals surface area contributed by atoms with Crippen molar-refractivity contribution in [2.24, 2.45) is 0 Å². The Balaban J connectivity index is 1.53. The van der Waals surface area contributed by atoms with E-state index in [0.29, 0.717) is 22.1 Å². The van der Waals surface area contributed by atoms with Crippen molar-refractivity contribution in [2.45, 2.75) is 4.90 Å². The monoisotopic (exact) mass is 422 g/mol. The molecule has 3 rings (SSSR count). The van der Waals surface area contributed by atoms with Crippen molar-refractivity contribution in [1.29, 1.82) is 0 Å². The van der Waals surface area contributed by atoms with Crippen LogP contribution in [0.2, 0.25) is 0 Å². The van der Waals surface area contributed by atoms with Gasteiger partial charge in [-0.25, -0.2) is 0 Å². The highest BCUT2D eigenvalue weighted by Crippen LogP contribution is 2.28. The molecule has 0 bridgehead atoms. The number of benzene rings is 3. The van der Waals surface area contributed by atoms with Crippen LogP contribution in [0.4, 0.5) is 10.5 Å². The average Bonchev–Trinajstić information content (AvgIpc) is 2.75. The number of anilines is 1. The van der Waals surface area contributed by atoms with Crippen LogP contribution >= 0.6 is 11.8 Å². The molecule has 6 nitrogen and oxygen atoms in total. The Morgan fingerprint density at radius 3 is 2.13 bits per heavy atom. The molecule has 2 amide bonds. The first-order valence-electron chi connectivity index (χ1n) is 9.25. The summed E-state index contributed by atoms with van der Waals surface area (Å²) in [5.41, 5.74) is 0.568. The maximum atomic E-state index is 12.3. The standard InChI is InChI=1S/C23H22N2O4S/c1-25(2)23(27)30-21-11-7-6-10-20(21)24-22(26)16-28-17-12-14-19(15-13-17)29-18-8-4-3-5-9-18/h3-15H,16H2,1-2H3,(H,24,26). The molecule has 3 aromatic rings. The topological polar surface area (TPSA) is 67.9 Å². The first kappa shape index (κ1) is 21.3. The summed E-state index contributed by atoms with van der Waals surface area (Å²) < 4.78 is 11.3. The normalized spacial score (nSPS) is 10.2. The van der Waals surface area contributed by atoms with Gasteiger partial charge in [0.15, 0.2) is 6.61 Å². The molecule has 0 aliphatic carbocycles. The summed E-state index contributed by atoms with van der Waals surface area (Å²) in [6.45, 7) is -0.153. The number of ether oxygens (including phenoxy) is 2. The van der Waals surface area contributed by atoms with Crippen LogP contribution in [0.1, 0.15) is 0 Å². The minimum atomic E-state index is -0.315. The van der Waals surface area contributed by atoms with Crippen LogP contribution in [0.15, 0.2) is 83.8 Å². The lowest BCUT2D eigenvalue weighted by Crippen LogP contribution is -2.21. The number of nitrogens with zero attached hydrogens (tertiary/aromatic N) is 1. The van der Waals surface area contributed by atoms with Gasteiger partial charge in [0.05, 0.1) is 5.69 Å². The predicted octanol–water partition coefficient (Wildman–Crippen LogP) is 5.27. The molecule has 0 aliphatic rings. The number of thioether (sulfide) groups is 1. The molecule has 0 unspecified atom stereocenters. The van der Waals surface area contributed by atoms with Gasteiger partial charge in [-0.05, 0) is 60.3 Å². The van der Waals surface area contributed by atoms with E-state index in [1.807, 2.05) is 36.4 Å². The van der Waals surface area contributed by atoms with E-state index in [1.54, 1.807) is 56.6 Å². The molecule has 0 heterocycles. The summed E-state index contributed by atoms with van der Waals surface area (Å²) >= 11 is 1.05. The minimum Gasteiger partial charge on any atom is -0.484 e. The Morgan fingerprint density at radius 2 is 1.43 bits per heavy atom. The number of carbonyl (C=O) groups excluding carboxylic acids is 2. The molecule has 0 spiro atoms. The van der Waals surface area contributed by atoms with Crippen molar-refractivity contribution >= 4 is 28.6 Å². The number of hydrogen-bond acceptors (Lipinski definition) is 5. The van der Waals surface area contributed by atoms with Gasteiger partial charge in [-0.15, -0.1) is 0 Å². The molecule has 0 aliphatic heterocycles. The Kier molecular flexibility index (Phi) is 7.34. The lowest BCUT2D eigenvalue weighted by molar-refractivity contribution is -0.118. The maximum absolute atomic E-state index is 12.3. The van der Waals surface area contributed by atoms with Crippen LogP contribution in [0.5, 0.6) is 17.2 Å². The maximum Gasteiger partial charge on any atom is 0.286 e. The summed E-state index contributed by atoms with van der Waals surface area (Å²) in [7, 11) is 3.36. The molecule has 0 fully saturated rings. The predicted molar refractivity (Wildman–Crippen MR) is 118 cm³/mol. The molecule has 154 valence electrons. The van der Waals surface area contributed by atoms with Gasteiger partial charge in [0.2, 0.25) is 0 Å². The fourth-order valence-electron chi connectivity index (χ4n) is 2.41. The van der Waals surface area contributed by atoms with Crippen molar-refractivity contribution in [3.8, 4) is 17.2 Å². The second-order valence-electron chi connectivity index (χ2n) is 6.48. The molecular formula is C23H22N2O4S. The SMILES string of the molecule is CN(C)C(=O)Sc1ccccc1NC(=O)COc1ccc(Oc2ccccc2)cc1. The molecule has 0 saturated heterocycles. The van der Waals surface area contributed by atoms with Crippen LogP contribution in [0.3, 0.4) is 0 Å². The van der Waals surface area contributed by atoms with E-state index in [0.717, 1.165) is 17.5 Å². The Morgan fingerprint density at radius 1 is 0.833 bits per heavy atom. The molecule has 0 atom stereocenters. The van der Waals surface area contributed by atoms with Crippen LogP contribution < -0.4 is 14.8 Å². The first-order valence-corrected chi connectivity index (χ1v) is 10.1. The van der Waals surface area contributed by atoms with Gasteiger partial charge >= 0.3 is 0 Å². The van der Waals surface area contributed by atoms with Gasteiger partial charge in [-0.1, -0.05) is 30.3 Å². The van der Waals surface area contributed by atoms with Crippen molar-refractivity contribution in [3.63, 3.8) is 0 Å². The second kappa shape index (κ2) is 10.4. The van der Waals surface area contributed by atoms with E-state index >= 15 is 0 Å². The third-order valence-corrected chi connectivity index (χ3v) is 5.01. The summed E-state index contributed by atoms with van der Waals surface area (Å²) in [4.78, 5) is 26.4. The summed E-state index contributed by atoms with van der Waals surface area (Å²) in [6.07, 6.45) is 0. The van der Waals surface area contributed by atoms with Crippen molar-refractivity contribution in [3.05, 3.63) is 78.9 Å². The van der Waals surface area contributed by atoms with Crippen molar-refractivity contribution in [1.82, 2.24) is 4.90 Å². The van der Waals surface area contributed by atoms with Crippen molar-refractivity contribution in [2.75, 3.05) is 26.0 Å². The lowest BCUT2D eigenvalue weighted by Gasteiger charge is -2.13. The smallest absolute Gasteiger partial charge is 0.286 e. The minimum absolute atomic E-state index is 0.120. The fourth-order valence-corrected chi connectivity index (χ4v) is 3.15. The van der Waals surface area contributed by atoms with E-state index in [9.17, 15) is 9.59 Å². The van der Waals surface area contributed by atoms with Gasteiger partial charge in [0.1, 0.15) is 17.2 Å². The van der Waals surface area contributed by atoms with Gasteiger partial charge in [0, 0.05) is 19.0 Å². The van der Waals surface area contributed by atoms with Gasteiger partial charge < -0.3 is 19.7 Å². The Bertz CT molecular complexity index is 992. The zero-order valence-electron chi connectivity index (χ0n) is 16.7. The van der Waals surface area contributed by atoms with Gasteiger partial charge in [-0.2, -0.15) is 0 Å². The number of carbonyl (C=O) groups is 2. The molecule has 0 aromatic heterocycles. The summed E-state index contributed by atoms with van der Waals surface area (Å²) in [6, 6.07) is 23.7. The van der Waals surface area contributed by atoms with Crippen molar-refractivity contribution < 1.29 is 19.1 Å². The highest BCUT2D eigenvalue weighted by molar-refractivity contribution is 8.13. The average molecular weight is 423 g/mol. The fraction of sp³-hybridized carbons (Fsp3) is 0.130. The van der Waals surface area contributed by atoms with Crippen LogP contribution in [-0.2, 0) is 4.79 Å². The van der Waals surface area contributed by atoms with Crippen LogP contribution in [0, 0.1) is 0 Å². The molecule has 0 saturated carbocycles. The third kappa shape index (κ3) is 6.28. The molecule has 3 aromatic carbocycles. The lowest BCUT2D eigenvalue weighted by atomic mass is 10.3. The Labute approximate surface area is 179 Å². The number of nitrogens with one attached hydrogen (secondary N) is 1. The molecule has 7 heteroatoms. The van der Waals surface area contributed by atoms with Gasteiger partial charge in [-0.3, -0.25) is 9.59 Å². The number of rotatable bonds is 7. The van der Waals surface area contributed by atoms with E-state index in [1.165, 1.54) is 4.90 Å². The molecule has 0 radical (unpaired) electrons. The number of amides is 2. The summed E-state index contributed by atoms with van der Waals surface area (Å²) in [5, 5.41) is 2.67.